The van der Waals surface area contributed by atoms with E-state index < -0.39 is 4.92 Å². The van der Waals surface area contributed by atoms with Crippen molar-refractivity contribution in [3.63, 3.8) is 0 Å². The molecule has 7 nitrogen and oxygen atoms in total. The molecule has 2 N–H and O–H groups in total. The van der Waals surface area contributed by atoms with Crippen molar-refractivity contribution in [3.05, 3.63) is 64.7 Å². The second-order valence-electron chi connectivity index (χ2n) is 6.08. The van der Waals surface area contributed by atoms with Crippen molar-refractivity contribution >= 4 is 23.1 Å². The smallest absolute Gasteiger partial charge is 0.319 e. The Morgan fingerprint density at radius 1 is 1.20 bits per heavy atom. The largest absolute Gasteiger partial charge is 0.371 e. The van der Waals surface area contributed by atoms with E-state index >= 15 is 0 Å². The maximum Gasteiger partial charge on any atom is 0.319 e. The fourth-order valence-electron chi connectivity index (χ4n) is 2.98. The maximum atomic E-state index is 12.0. The van der Waals surface area contributed by atoms with E-state index in [-0.39, 0.29) is 11.7 Å². The van der Waals surface area contributed by atoms with Crippen LogP contribution in [0.25, 0.3) is 0 Å². The number of hydrogen-bond donors (Lipinski definition) is 2. The van der Waals surface area contributed by atoms with E-state index in [1.165, 1.54) is 17.8 Å². The van der Waals surface area contributed by atoms with Crippen LogP contribution in [0, 0.1) is 16.0 Å². The van der Waals surface area contributed by atoms with Gasteiger partial charge in [-0.2, -0.15) is 0 Å². The number of non-ortho nitro benzene ring substituents is 1. The number of nitrogens with zero attached hydrogens (tertiary/aromatic N) is 2. The lowest BCUT2D eigenvalue weighted by Gasteiger charge is -2.18. The first-order valence-electron chi connectivity index (χ1n) is 8.21. The first-order valence-corrected chi connectivity index (χ1v) is 8.21. The quantitative estimate of drug-likeness (QED) is 0.646. The molecule has 0 aromatic heterocycles. The average molecular weight is 340 g/mol. The first kappa shape index (κ1) is 16.8. The number of carbonyl (C=O) groups is 1. The van der Waals surface area contributed by atoms with Crippen LogP contribution in [0.3, 0.4) is 0 Å². The summed E-state index contributed by atoms with van der Waals surface area (Å²) in [6.45, 7) is 2.45. The summed E-state index contributed by atoms with van der Waals surface area (Å²) in [5.41, 5.74) is 1.56. The van der Waals surface area contributed by atoms with Crippen molar-refractivity contribution in [2.75, 3.05) is 29.9 Å². The summed E-state index contributed by atoms with van der Waals surface area (Å²) in [5.74, 6) is 0.385. The minimum atomic E-state index is -0.486. The van der Waals surface area contributed by atoms with Crippen LogP contribution in [0.4, 0.5) is 21.9 Å². The number of para-hydroxylation sites is 1. The molecule has 25 heavy (non-hydrogen) atoms. The SMILES string of the molecule is O=C(NCC1CCN(c2ccccc2)C1)Nc1cccc([N+](=O)[O-])c1. The Hall–Kier alpha value is -3.09. The minimum Gasteiger partial charge on any atom is -0.371 e. The van der Waals surface area contributed by atoms with Crippen molar-refractivity contribution in [1.82, 2.24) is 5.32 Å². The van der Waals surface area contributed by atoms with Crippen LogP contribution in [-0.4, -0.2) is 30.6 Å². The van der Waals surface area contributed by atoms with Gasteiger partial charge in [-0.05, 0) is 30.5 Å². The van der Waals surface area contributed by atoms with E-state index in [1.54, 1.807) is 12.1 Å². The second kappa shape index (κ2) is 7.65. The zero-order valence-corrected chi connectivity index (χ0v) is 13.7. The van der Waals surface area contributed by atoms with E-state index in [0.717, 1.165) is 19.5 Å². The van der Waals surface area contributed by atoms with E-state index in [2.05, 4.69) is 27.7 Å². The molecular formula is C18H20N4O3. The molecule has 130 valence electrons. The lowest BCUT2D eigenvalue weighted by atomic mass is 10.1. The summed E-state index contributed by atoms with van der Waals surface area (Å²) in [6, 6.07) is 15.8. The van der Waals surface area contributed by atoms with Crippen LogP contribution in [-0.2, 0) is 0 Å². The Bertz CT molecular complexity index is 751. The summed E-state index contributed by atoms with van der Waals surface area (Å²) in [4.78, 5) is 24.6. The van der Waals surface area contributed by atoms with Gasteiger partial charge in [-0.25, -0.2) is 4.79 Å². The van der Waals surface area contributed by atoms with Crippen LogP contribution < -0.4 is 15.5 Å². The molecule has 0 radical (unpaired) electrons. The predicted octanol–water partition coefficient (Wildman–Crippen LogP) is 3.24. The van der Waals surface area contributed by atoms with Crippen molar-refractivity contribution in [2.45, 2.75) is 6.42 Å². The van der Waals surface area contributed by atoms with Crippen molar-refractivity contribution in [3.8, 4) is 0 Å². The third-order valence-electron chi connectivity index (χ3n) is 4.27. The monoisotopic (exact) mass is 340 g/mol. The number of amides is 2. The number of benzene rings is 2. The normalized spacial score (nSPS) is 16.5. The van der Waals surface area contributed by atoms with E-state index in [1.807, 2.05) is 18.2 Å². The molecule has 2 amide bonds. The van der Waals surface area contributed by atoms with Crippen LogP contribution in [0.5, 0.6) is 0 Å². The number of hydrogen-bond acceptors (Lipinski definition) is 4. The molecule has 3 rings (SSSR count). The molecule has 0 bridgehead atoms. The molecule has 1 unspecified atom stereocenters. The fourth-order valence-corrected chi connectivity index (χ4v) is 2.98. The van der Waals surface area contributed by atoms with Crippen molar-refractivity contribution in [1.29, 1.82) is 0 Å². The molecule has 1 aliphatic rings. The molecular weight excluding hydrogens is 320 g/mol. The molecule has 2 aromatic carbocycles. The molecule has 1 fully saturated rings. The van der Waals surface area contributed by atoms with Crippen molar-refractivity contribution in [2.24, 2.45) is 5.92 Å². The Morgan fingerprint density at radius 3 is 2.76 bits per heavy atom. The molecule has 0 saturated carbocycles. The van der Waals surface area contributed by atoms with Gasteiger partial charge in [0.15, 0.2) is 0 Å². The summed E-state index contributed by atoms with van der Waals surface area (Å²) in [7, 11) is 0. The van der Waals surface area contributed by atoms with Crippen molar-refractivity contribution < 1.29 is 9.72 Å². The first-order chi connectivity index (χ1) is 12.1. The standard InChI is InChI=1S/C18H20N4O3/c23-18(20-15-5-4-8-17(11-15)22(24)25)19-12-14-9-10-21(13-14)16-6-2-1-3-7-16/h1-8,11,14H,9-10,12-13H2,(H2,19,20,23). The summed E-state index contributed by atoms with van der Waals surface area (Å²) >= 11 is 0. The molecule has 2 aromatic rings. The highest BCUT2D eigenvalue weighted by atomic mass is 16.6. The maximum absolute atomic E-state index is 12.0. The van der Waals surface area contributed by atoms with Crippen LogP contribution in [0.15, 0.2) is 54.6 Å². The lowest BCUT2D eigenvalue weighted by molar-refractivity contribution is -0.384. The molecule has 1 aliphatic heterocycles. The molecule has 7 heteroatoms. The molecule has 1 heterocycles. The third kappa shape index (κ3) is 4.47. The Balaban J connectivity index is 1.47. The van der Waals surface area contributed by atoms with Gasteiger partial charge in [-0.1, -0.05) is 24.3 Å². The second-order valence-corrected chi connectivity index (χ2v) is 6.08. The molecule has 1 atom stereocenters. The molecule has 1 saturated heterocycles. The number of nitro benzene ring substituents is 1. The van der Waals surface area contributed by atoms with E-state index in [9.17, 15) is 14.9 Å². The zero-order chi connectivity index (χ0) is 17.6. The van der Waals surface area contributed by atoms with Gasteiger partial charge in [0.05, 0.1) is 4.92 Å². The van der Waals surface area contributed by atoms with Crippen LogP contribution >= 0.6 is 0 Å². The number of nitro groups is 1. The molecule has 0 spiro atoms. The number of urea groups is 1. The van der Waals surface area contributed by atoms with Gasteiger partial charge in [0, 0.05) is 43.1 Å². The summed E-state index contributed by atoms with van der Waals surface area (Å²) in [5, 5.41) is 16.2. The van der Waals surface area contributed by atoms with Gasteiger partial charge in [-0.3, -0.25) is 10.1 Å². The van der Waals surface area contributed by atoms with Gasteiger partial charge < -0.3 is 15.5 Å². The third-order valence-corrected chi connectivity index (χ3v) is 4.27. The minimum absolute atomic E-state index is 0.0490. The number of rotatable bonds is 5. The predicted molar refractivity (Wildman–Crippen MR) is 96.9 cm³/mol. The van der Waals surface area contributed by atoms with E-state index in [0.29, 0.717) is 18.2 Å². The van der Waals surface area contributed by atoms with Crippen LogP contribution in [0.2, 0.25) is 0 Å². The highest BCUT2D eigenvalue weighted by Gasteiger charge is 2.23. The Morgan fingerprint density at radius 2 is 2.00 bits per heavy atom. The van der Waals surface area contributed by atoms with Gasteiger partial charge >= 0.3 is 6.03 Å². The topological polar surface area (TPSA) is 87.5 Å². The Kier molecular flexibility index (Phi) is 5.13. The fraction of sp³-hybridized carbons (Fsp3) is 0.278. The average Bonchev–Trinajstić information content (AvgIpc) is 3.10. The van der Waals surface area contributed by atoms with Gasteiger partial charge in [-0.15, -0.1) is 0 Å². The van der Waals surface area contributed by atoms with Gasteiger partial charge in [0.1, 0.15) is 0 Å². The highest BCUT2D eigenvalue weighted by Crippen LogP contribution is 2.23. The summed E-state index contributed by atoms with van der Waals surface area (Å²) in [6.07, 6.45) is 1.02. The Labute approximate surface area is 145 Å². The number of carbonyl (C=O) groups excluding carboxylic acids is 1. The number of nitrogens with one attached hydrogen (secondary N) is 2. The van der Waals surface area contributed by atoms with Crippen LogP contribution in [0.1, 0.15) is 6.42 Å². The zero-order valence-electron chi connectivity index (χ0n) is 13.7. The molecule has 0 aliphatic carbocycles. The summed E-state index contributed by atoms with van der Waals surface area (Å²) < 4.78 is 0. The van der Waals surface area contributed by atoms with E-state index in [4.69, 9.17) is 0 Å². The van der Waals surface area contributed by atoms with Gasteiger partial charge in [0.25, 0.3) is 5.69 Å². The highest BCUT2D eigenvalue weighted by molar-refractivity contribution is 5.89. The lowest BCUT2D eigenvalue weighted by Crippen LogP contribution is -2.34. The number of anilines is 2. The van der Waals surface area contributed by atoms with Gasteiger partial charge in [0.2, 0.25) is 0 Å².